The standard InChI is InChI=1S/C14H19N3O2/c1-3-13(19)12-4-5-14(15-11(12)2)17-8-6-16(10-18)7-9-17/h4-5,10H,3,6-9H2,1-2H3. The van der Waals surface area contributed by atoms with Crippen molar-refractivity contribution in [2.75, 3.05) is 31.1 Å². The first-order valence-electron chi connectivity index (χ1n) is 6.61. The number of hydrogen-bond acceptors (Lipinski definition) is 4. The highest BCUT2D eigenvalue weighted by Crippen LogP contribution is 2.17. The van der Waals surface area contributed by atoms with Gasteiger partial charge in [0.2, 0.25) is 6.41 Å². The number of ketones is 1. The average molecular weight is 261 g/mol. The minimum Gasteiger partial charge on any atom is -0.353 e. The van der Waals surface area contributed by atoms with Gasteiger partial charge in [0.25, 0.3) is 0 Å². The van der Waals surface area contributed by atoms with Gasteiger partial charge in [-0.1, -0.05) is 6.92 Å². The number of aromatic nitrogens is 1. The van der Waals surface area contributed by atoms with Crippen LogP contribution >= 0.6 is 0 Å². The number of carbonyl (C=O) groups is 2. The Morgan fingerprint density at radius 3 is 2.53 bits per heavy atom. The van der Waals surface area contributed by atoms with Crippen molar-refractivity contribution in [2.45, 2.75) is 20.3 Å². The normalized spacial score (nSPS) is 15.5. The minimum absolute atomic E-state index is 0.127. The fraction of sp³-hybridized carbons (Fsp3) is 0.500. The van der Waals surface area contributed by atoms with Crippen LogP contribution in [0.2, 0.25) is 0 Å². The number of pyridine rings is 1. The predicted octanol–water partition coefficient (Wildman–Crippen LogP) is 1.26. The monoisotopic (exact) mass is 261 g/mol. The molecule has 0 aliphatic carbocycles. The summed E-state index contributed by atoms with van der Waals surface area (Å²) in [5.41, 5.74) is 1.49. The maximum Gasteiger partial charge on any atom is 0.209 e. The summed E-state index contributed by atoms with van der Waals surface area (Å²) in [5.74, 6) is 1.01. The van der Waals surface area contributed by atoms with Gasteiger partial charge in [-0.2, -0.15) is 0 Å². The highest BCUT2D eigenvalue weighted by molar-refractivity contribution is 5.97. The van der Waals surface area contributed by atoms with E-state index in [1.165, 1.54) is 0 Å². The van der Waals surface area contributed by atoms with Crippen LogP contribution in [0.25, 0.3) is 0 Å². The van der Waals surface area contributed by atoms with E-state index in [4.69, 9.17) is 0 Å². The molecule has 1 aromatic rings. The van der Waals surface area contributed by atoms with Crippen LogP contribution in [0.15, 0.2) is 12.1 Å². The molecule has 2 rings (SSSR count). The van der Waals surface area contributed by atoms with E-state index in [9.17, 15) is 9.59 Å². The second-order valence-electron chi connectivity index (χ2n) is 4.71. The minimum atomic E-state index is 0.127. The zero-order valence-corrected chi connectivity index (χ0v) is 11.4. The third kappa shape index (κ3) is 2.92. The van der Waals surface area contributed by atoms with Gasteiger partial charge in [-0.05, 0) is 19.1 Å². The molecule has 5 heteroatoms. The Kier molecular flexibility index (Phi) is 4.14. The lowest BCUT2D eigenvalue weighted by Crippen LogP contribution is -2.46. The van der Waals surface area contributed by atoms with Crippen molar-refractivity contribution in [2.24, 2.45) is 0 Å². The molecule has 1 aliphatic heterocycles. The molecule has 2 heterocycles. The van der Waals surface area contributed by atoms with Gasteiger partial charge in [0.1, 0.15) is 5.82 Å². The number of anilines is 1. The number of hydrogen-bond donors (Lipinski definition) is 0. The van der Waals surface area contributed by atoms with Gasteiger partial charge in [-0.15, -0.1) is 0 Å². The lowest BCUT2D eigenvalue weighted by molar-refractivity contribution is -0.118. The molecule has 102 valence electrons. The van der Waals surface area contributed by atoms with Gasteiger partial charge in [-0.25, -0.2) is 4.98 Å². The first-order valence-corrected chi connectivity index (χ1v) is 6.61. The summed E-state index contributed by atoms with van der Waals surface area (Å²) in [4.78, 5) is 30.8. The number of amides is 1. The molecule has 0 saturated carbocycles. The van der Waals surface area contributed by atoms with Gasteiger partial charge in [0, 0.05) is 38.2 Å². The molecule has 0 N–H and O–H groups in total. The van der Waals surface area contributed by atoms with Gasteiger partial charge in [-0.3, -0.25) is 9.59 Å². The topological polar surface area (TPSA) is 53.5 Å². The Balaban J connectivity index is 2.12. The van der Waals surface area contributed by atoms with Crippen LogP contribution < -0.4 is 4.90 Å². The van der Waals surface area contributed by atoms with E-state index in [1.54, 1.807) is 4.90 Å². The van der Waals surface area contributed by atoms with Gasteiger partial charge in [0.05, 0.1) is 5.69 Å². The second-order valence-corrected chi connectivity index (χ2v) is 4.71. The van der Waals surface area contributed by atoms with E-state index in [0.29, 0.717) is 12.0 Å². The maximum atomic E-state index is 11.7. The molecular formula is C14H19N3O2. The zero-order valence-electron chi connectivity index (χ0n) is 11.4. The molecule has 0 spiro atoms. The van der Waals surface area contributed by atoms with Crippen molar-refractivity contribution in [3.8, 4) is 0 Å². The molecule has 1 aliphatic rings. The number of rotatable bonds is 4. The lowest BCUT2D eigenvalue weighted by Gasteiger charge is -2.33. The third-order valence-corrected chi connectivity index (χ3v) is 3.48. The van der Waals surface area contributed by atoms with E-state index >= 15 is 0 Å². The first kappa shape index (κ1) is 13.5. The van der Waals surface area contributed by atoms with Gasteiger partial charge in [0.15, 0.2) is 5.78 Å². The number of carbonyl (C=O) groups excluding carboxylic acids is 2. The maximum absolute atomic E-state index is 11.7. The fourth-order valence-electron chi connectivity index (χ4n) is 2.27. The number of nitrogens with zero attached hydrogens (tertiary/aromatic N) is 3. The summed E-state index contributed by atoms with van der Waals surface area (Å²) >= 11 is 0. The Morgan fingerprint density at radius 1 is 1.32 bits per heavy atom. The molecule has 0 unspecified atom stereocenters. The summed E-state index contributed by atoms with van der Waals surface area (Å²) < 4.78 is 0. The van der Waals surface area contributed by atoms with Crippen molar-refractivity contribution < 1.29 is 9.59 Å². The Morgan fingerprint density at radius 2 is 2.00 bits per heavy atom. The van der Waals surface area contributed by atoms with Crippen molar-refractivity contribution in [1.82, 2.24) is 9.88 Å². The van der Waals surface area contributed by atoms with E-state index < -0.39 is 0 Å². The van der Waals surface area contributed by atoms with Crippen LogP contribution in [-0.2, 0) is 4.79 Å². The number of piperazine rings is 1. The fourth-order valence-corrected chi connectivity index (χ4v) is 2.27. The van der Waals surface area contributed by atoms with E-state index in [1.807, 2.05) is 26.0 Å². The van der Waals surface area contributed by atoms with Crippen molar-refractivity contribution in [3.05, 3.63) is 23.4 Å². The largest absolute Gasteiger partial charge is 0.353 e. The quantitative estimate of drug-likeness (QED) is 0.605. The molecule has 0 atom stereocenters. The van der Waals surface area contributed by atoms with Gasteiger partial charge < -0.3 is 9.80 Å². The molecule has 5 nitrogen and oxygen atoms in total. The van der Waals surface area contributed by atoms with Crippen molar-refractivity contribution >= 4 is 18.0 Å². The Hall–Kier alpha value is -1.91. The molecule has 0 bridgehead atoms. The Bertz CT molecular complexity index is 480. The summed E-state index contributed by atoms with van der Waals surface area (Å²) in [7, 11) is 0. The van der Waals surface area contributed by atoms with Crippen LogP contribution in [0.4, 0.5) is 5.82 Å². The van der Waals surface area contributed by atoms with Crippen LogP contribution in [0, 0.1) is 6.92 Å². The van der Waals surface area contributed by atoms with E-state index in [2.05, 4.69) is 9.88 Å². The van der Waals surface area contributed by atoms with Crippen LogP contribution in [0.5, 0.6) is 0 Å². The van der Waals surface area contributed by atoms with Gasteiger partial charge >= 0.3 is 0 Å². The SMILES string of the molecule is CCC(=O)c1ccc(N2CCN(C=O)CC2)nc1C. The molecule has 1 saturated heterocycles. The van der Waals surface area contributed by atoms with E-state index in [-0.39, 0.29) is 5.78 Å². The zero-order chi connectivity index (χ0) is 13.8. The van der Waals surface area contributed by atoms with Crippen molar-refractivity contribution in [1.29, 1.82) is 0 Å². The lowest BCUT2D eigenvalue weighted by atomic mass is 10.1. The van der Waals surface area contributed by atoms with E-state index in [0.717, 1.165) is 44.1 Å². The van der Waals surface area contributed by atoms with Crippen LogP contribution in [0.1, 0.15) is 29.4 Å². The summed E-state index contributed by atoms with van der Waals surface area (Å²) in [5, 5.41) is 0. The second kappa shape index (κ2) is 5.82. The summed E-state index contributed by atoms with van der Waals surface area (Å²) in [6, 6.07) is 3.75. The smallest absolute Gasteiger partial charge is 0.209 e. The molecular weight excluding hydrogens is 242 g/mol. The molecule has 1 amide bonds. The average Bonchev–Trinajstić information content (AvgIpc) is 2.46. The van der Waals surface area contributed by atoms with Crippen LogP contribution in [-0.4, -0.2) is 48.3 Å². The molecule has 19 heavy (non-hydrogen) atoms. The number of Topliss-reactive ketones (excluding diaryl/α,β-unsaturated/α-hetero) is 1. The molecule has 1 aromatic heterocycles. The summed E-state index contributed by atoms with van der Waals surface area (Å²) in [6.45, 7) is 6.74. The van der Waals surface area contributed by atoms with Crippen LogP contribution in [0.3, 0.4) is 0 Å². The van der Waals surface area contributed by atoms with Crippen molar-refractivity contribution in [3.63, 3.8) is 0 Å². The highest BCUT2D eigenvalue weighted by Gasteiger charge is 2.18. The summed E-state index contributed by atoms with van der Waals surface area (Å²) in [6.07, 6.45) is 1.39. The molecule has 0 aromatic carbocycles. The third-order valence-electron chi connectivity index (χ3n) is 3.48. The predicted molar refractivity (Wildman–Crippen MR) is 73.4 cm³/mol. The number of aryl methyl sites for hydroxylation is 1. The Labute approximate surface area is 113 Å². The molecule has 0 radical (unpaired) electrons. The molecule has 1 fully saturated rings. The highest BCUT2D eigenvalue weighted by atomic mass is 16.1. The first-order chi connectivity index (χ1) is 9.15.